The number of ether oxygens (including phenoxy) is 1. The molecular formula is C16H27ClN4O2. The van der Waals surface area contributed by atoms with Gasteiger partial charge >= 0.3 is 0 Å². The zero-order valence-corrected chi connectivity index (χ0v) is 14.7. The van der Waals surface area contributed by atoms with Crippen molar-refractivity contribution in [1.29, 1.82) is 0 Å². The van der Waals surface area contributed by atoms with Crippen LogP contribution in [0.25, 0.3) is 0 Å². The van der Waals surface area contributed by atoms with Gasteiger partial charge in [-0.05, 0) is 38.8 Å². The number of halogens is 1. The summed E-state index contributed by atoms with van der Waals surface area (Å²) in [4.78, 5) is 14.6. The minimum Gasteiger partial charge on any atom is -0.372 e. The number of morpholine rings is 1. The number of carbonyl (C=O) groups is 1. The molecule has 2 aliphatic rings. The van der Waals surface area contributed by atoms with Gasteiger partial charge in [-0.1, -0.05) is 6.92 Å². The lowest BCUT2D eigenvalue weighted by Gasteiger charge is -2.36. The van der Waals surface area contributed by atoms with Crippen molar-refractivity contribution in [3.05, 3.63) is 18.0 Å². The number of piperidine rings is 1. The summed E-state index contributed by atoms with van der Waals surface area (Å²) < 4.78 is 7.77. The monoisotopic (exact) mass is 342 g/mol. The van der Waals surface area contributed by atoms with Gasteiger partial charge in [0.1, 0.15) is 5.69 Å². The van der Waals surface area contributed by atoms with Gasteiger partial charge in [0, 0.05) is 25.8 Å². The van der Waals surface area contributed by atoms with Gasteiger partial charge in [0.15, 0.2) is 0 Å². The minimum absolute atomic E-state index is 0. The largest absolute Gasteiger partial charge is 0.372 e. The van der Waals surface area contributed by atoms with Crippen molar-refractivity contribution < 1.29 is 9.53 Å². The Labute approximate surface area is 144 Å². The fourth-order valence-corrected chi connectivity index (χ4v) is 3.31. The number of aromatic nitrogens is 2. The van der Waals surface area contributed by atoms with Gasteiger partial charge in [0.05, 0.1) is 18.2 Å². The van der Waals surface area contributed by atoms with E-state index in [0.717, 1.165) is 32.4 Å². The number of amides is 1. The number of hydrogen-bond acceptors (Lipinski definition) is 4. The lowest BCUT2D eigenvalue weighted by Crippen LogP contribution is -2.49. The van der Waals surface area contributed by atoms with E-state index < -0.39 is 0 Å². The Balaban J connectivity index is 0.00000192. The summed E-state index contributed by atoms with van der Waals surface area (Å²) in [5.74, 6) is 0.0242. The Kier molecular flexibility index (Phi) is 6.44. The molecule has 0 spiro atoms. The molecule has 3 rings (SSSR count). The molecule has 3 atom stereocenters. The van der Waals surface area contributed by atoms with Crippen LogP contribution in [-0.4, -0.2) is 59.0 Å². The summed E-state index contributed by atoms with van der Waals surface area (Å²) >= 11 is 0. The van der Waals surface area contributed by atoms with Gasteiger partial charge in [-0.15, -0.1) is 12.4 Å². The van der Waals surface area contributed by atoms with Crippen LogP contribution >= 0.6 is 12.4 Å². The second-order valence-electron chi connectivity index (χ2n) is 6.37. The van der Waals surface area contributed by atoms with E-state index in [1.165, 1.54) is 0 Å². The second kappa shape index (κ2) is 8.13. The summed E-state index contributed by atoms with van der Waals surface area (Å²) in [6, 6.07) is 2.21. The predicted molar refractivity (Wildman–Crippen MR) is 91.1 cm³/mol. The summed E-state index contributed by atoms with van der Waals surface area (Å²) in [5.41, 5.74) is 0.550. The SMILES string of the molecule is CCC1CN(C(=O)c2ccn(C3CCCNC3)n2)CC(C)O1.Cl. The third kappa shape index (κ3) is 4.25. The van der Waals surface area contributed by atoms with Gasteiger partial charge in [-0.3, -0.25) is 9.48 Å². The molecule has 2 aliphatic heterocycles. The van der Waals surface area contributed by atoms with Crippen LogP contribution in [0.4, 0.5) is 0 Å². The molecule has 7 heteroatoms. The van der Waals surface area contributed by atoms with Gasteiger partial charge in [0.25, 0.3) is 5.91 Å². The molecule has 1 aromatic heterocycles. The Morgan fingerprint density at radius 2 is 2.30 bits per heavy atom. The Bertz CT molecular complexity index is 516. The Morgan fingerprint density at radius 3 is 3.00 bits per heavy atom. The van der Waals surface area contributed by atoms with Crippen molar-refractivity contribution >= 4 is 18.3 Å². The first-order valence-electron chi connectivity index (χ1n) is 8.38. The van der Waals surface area contributed by atoms with E-state index in [4.69, 9.17) is 4.74 Å². The van der Waals surface area contributed by atoms with Crippen molar-refractivity contribution in [2.45, 2.75) is 51.4 Å². The van der Waals surface area contributed by atoms with Gasteiger partial charge < -0.3 is 15.0 Å². The first kappa shape index (κ1) is 18.2. The highest BCUT2D eigenvalue weighted by Gasteiger charge is 2.29. The highest BCUT2D eigenvalue weighted by atomic mass is 35.5. The van der Waals surface area contributed by atoms with E-state index in [1.54, 1.807) is 0 Å². The molecule has 3 unspecified atom stereocenters. The molecule has 1 N–H and O–H groups in total. The maximum atomic E-state index is 12.7. The van der Waals surface area contributed by atoms with E-state index in [1.807, 2.05) is 28.8 Å². The molecule has 0 bridgehead atoms. The average Bonchev–Trinajstić information content (AvgIpc) is 3.04. The van der Waals surface area contributed by atoms with Crippen LogP contribution in [0.5, 0.6) is 0 Å². The van der Waals surface area contributed by atoms with Crippen LogP contribution in [-0.2, 0) is 4.74 Å². The topological polar surface area (TPSA) is 59.4 Å². The number of rotatable bonds is 3. The quantitative estimate of drug-likeness (QED) is 0.911. The first-order chi connectivity index (χ1) is 10.7. The van der Waals surface area contributed by atoms with E-state index in [2.05, 4.69) is 17.3 Å². The average molecular weight is 343 g/mol. The second-order valence-corrected chi connectivity index (χ2v) is 6.37. The fourth-order valence-electron chi connectivity index (χ4n) is 3.31. The third-order valence-electron chi connectivity index (χ3n) is 4.54. The smallest absolute Gasteiger partial charge is 0.274 e. The molecule has 1 aromatic rings. The fraction of sp³-hybridized carbons (Fsp3) is 0.750. The molecular weight excluding hydrogens is 316 g/mol. The Morgan fingerprint density at radius 1 is 1.48 bits per heavy atom. The molecule has 0 aromatic carbocycles. The third-order valence-corrected chi connectivity index (χ3v) is 4.54. The zero-order chi connectivity index (χ0) is 15.5. The molecule has 0 aliphatic carbocycles. The maximum Gasteiger partial charge on any atom is 0.274 e. The first-order valence-corrected chi connectivity index (χ1v) is 8.38. The van der Waals surface area contributed by atoms with E-state index in [0.29, 0.717) is 24.8 Å². The highest BCUT2D eigenvalue weighted by molar-refractivity contribution is 5.92. The van der Waals surface area contributed by atoms with Crippen LogP contribution in [0.1, 0.15) is 49.6 Å². The van der Waals surface area contributed by atoms with Crippen LogP contribution < -0.4 is 5.32 Å². The van der Waals surface area contributed by atoms with E-state index in [-0.39, 0.29) is 30.5 Å². The number of nitrogens with zero attached hydrogens (tertiary/aromatic N) is 3. The lowest BCUT2D eigenvalue weighted by atomic mass is 10.1. The number of carbonyl (C=O) groups excluding carboxylic acids is 1. The van der Waals surface area contributed by atoms with Gasteiger partial charge in [-0.2, -0.15) is 5.10 Å². The zero-order valence-electron chi connectivity index (χ0n) is 13.9. The molecule has 130 valence electrons. The van der Waals surface area contributed by atoms with Crippen molar-refractivity contribution in [3.63, 3.8) is 0 Å². The number of hydrogen-bond donors (Lipinski definition) is 1. The normalized spacial score (nSPS) is 28.3. The summed E-state index contributed by atoms with van der Waals surface area (Å²) in [7, 11) is 0. The summed E-state index contributed by atoms with van der Waals surface area (Å²) in [6.45, 7) is 7.44. The standard InChI is InChI=1S/C16H26N4O2.ClH/c1-3-14-11-19(10-12(2)22-14)16(21)15-6-8-20(18-15)13-5-4-7-17-9-13;/h6,8,12-14,17H,3-5,7,9-11H2,1-2H3;1H. The molecule has 0 radical (unpaired) electrons. The maximum absolute atomic E-state index is 12.7. The van der Waals surface area contributed by atoms with Crippen LogP contribution in [0.2, 0.25) is 0 Å². The van der Waals surface area contributed by atoms with Crippen molar-refractivity contribution in [2.24, 2.45) is 0 Å². The minimum atomic E-state index is 0. The van der Waals surface area contributed by atoms with Crippen molar-refractivity contribution in [3.8, 4) is 0 Å². The molecule has 6 nitrogen and oxygen atoms in total. The van der Waals surface area contributed by atoms with Crippen molar-refractivity contribution in [2.75, 3.05) is 26.2 Å². The highest BCUT2D eigenvalue weighted by Crippen LogP contribution is 2.18. The summed E-state index contributed by atoms with van der Waals surface area (Å²) in [5, 5.41) is 7.91. The predicted octanol–water partition coefficient (Wildman–Crippen LogP) is 1.87. The summed E-state index contributed by atoms with van der Waals surface area (Å²) in [6.07, 6.45) is 5.37. The molecule has 3 heterocycles. The van der Waals surface area contributed by atoms with Crippen LogP contribution in [0.3, 0.4) is 0 Å². The molecule has 23 heavy (non-hydrogen) atoms. The molecule has 2 fully saturated rings. The van der Waals surface area contributed by atoms with Crippen molar-refractivity contribution in [1.82, 2.24) is 20.0 Å². The molecule has 0 saturated carbocycles. The van der Waals surface area contributed by atoms with Gasteiger partial charge in [0.2, 0.25) is 0 Å². The van der Waals surface area contributed by atoms with Gasteiger partial charge in [-0.25, -0.2) is 0 Å². The Hall–Kier alpha value is -1.11. The molecule has 2 saturated heterocycles. The number of nitrogens with one attached hydrogen (secondary N) is 1. The van der Waals surface area contributed by atoms with E-state index >= 15 is 0 Å². The van der Waals surface area contributed by atoms with E-state index in [9.17, 15) is 4.79 Å². The van der Waals surface area contributed by atoms with Crippen LogP contribution in [0, 0.1) is 0 Å². The van der Waals surface area contributed by atoms with Crippen LogP contribution in [0.15, 0.2) is 12.3 Å². The lowest BCUT2D eigenvalue weighted by molar-refractivity contribution is -0.0682. The molecule has 1 amide bonds.